The predicted octanol–water partition coefficient (Wildman–Crippen LogP) is 3.79. The summed E-state index contributed by atoms with van der Waals surface area (Å²) in [5.74, 6) is 0.939. The molecular weight excluding hydrogens is 220 g/mol. The highest BCUT2D eigenvalue weighted by atomic mass is 15.2. The van der Waals surface area contributed by atoms with E-state index in [4.69, 9.17) is 5.73 Å². The van der Waals surface area contributed by atoms with Gasteiger partial charge in [0.25, 0.3) is 0 Å². The summed E-state index contributed by atoms with van der Waals surface area (Å²) in [6, 6.07) is 0.664. The average Bonchev–Trinajstić information content (AvgIpc) is 2.62. The summed E-state index contributed by atoms with van der Waals surface area (Å²) in [5.41, 5.74) is 6.51. The molecule has 2 heteroatoms. The number of rotatable bonds is 6. The molecule has 1 rings (SSSR count). The molecule has 1 aliphatic rings. The largest absolute Gasteiger partial charge is 0.329 e. The lowest BCUT2D eigenvalue weighted by Crippen LogP contribution is -2.56. The molecule has 0 saturated heterocycles. The zero-order valence-electron chi connectivity index (χ0n) is 13.0. The second kappa shape index (κ2) is 7.49. The molecule has 0 spiro atoms. The third-order valence-electron chi connectivity index (χ3n) is 5.30. The Morgan fingerprint density at radius 1 is 1.22 bits per heavy atom. The first-order chi connectivity index (χ1) is 8.63. The first-order valence-corrected chi connectivity index (χ1v) is 8.10. The molecular formula is C16H34N2. The number of hydrogen-bond donors (Lipinski definition) is 1. The summed E-state index contributed by atoms with van der Waals surface area (Å²) in [6.45, 7) is 11.3. The molecule has 2 nitrogen and oxygen atoms in total. The summed E-state index contributed by atoms with van der Waals surface area (Å²) < 4.78 is 0. The van der Waals surface area contributed by atoms with Crippen molar-refractivity contribution < 1.29 is 0 Å². The number of nitrogens with two attached hydrogens (primary N) is 1. The number of hydrogen-bond acceptors (Lipinski definition) is 2. The van der Waals surface area contributed by atoms with Crippen LogP contribution in [-0.2, 0) is 0 Å². The van der Waals surface area contributed by atoms with Gasteiger partial charge in [-0.15, -0.1) is 0 Å². The van der Waals surface area contributed by atoms with E-state index < -0.39 is 0 Å². The standard InChI is InChI=1S/C16H34N2/c1-5-14(4)18(7-3)16(13-17)11-8-9-15(6-2)10-12-16/h14-15H,5-13,17H2,1-4H3. The summed E-state index contributed by atoms with van der Waals surface area (Å²) >= 11 is 0. The first kappa shape index (κ1) is 16.0. The molecule has 0 radical (unpaired) electrons. The Labute approximate surface area is 114 Å². The minimum Gasteiger partial charge on any atom is -0.329 e. The van der Waals surface area contributed by atoms with E-state index in [0.29, 0.717) is 6.04 Å². The van der Waals surface area contributed by atoms with E-state index in [-0.39, 0.29) is 5.54 Å². The molecule has 1 fully saturated rings. The van der Waals surface area contributed by atoms with Crippen molar-refractivity contribution in [1.82, 2.24) is 4.90 Å². The smallest absolute Gasteiger partial charge is 0.0334 e. The van der Waals surface area contributed by atoms with E-state index in [0.717, 1.165) is 19.0 Å². The van der Waals surface area contributed by atoms with Crippen LogP contribution in [0.2, 0.25) is 0 Å². The van der Waals surface area contributed by atoms with Gasteiger partial charge in [-0.2, -0.15) is 0 Å². The van der Waals surface area contributed by atoms with Crippen LogP contribution in [0.15, 0.2) is 0 Å². The molecule has 3 atom stereocenters. The van der Waals surface area contributed by atoms with Gasteiger partial charge in [0.05, 0.1) is 0 Å². The van der Waals surface area contributed by atoms with Crippen LogP contribution in [0.3, 0.4) is 0 Å². The SMILES string of the molecule is CCC1CCCC(CN)(N(CC)C(C)CC)CC1. The second-order valence-electron chi connectivity index (χ2n) is 6.18. The van der Waals surface area contributed by atoms with Gasteiger partial charge in [-0.25, -0.2) is 0 Å². The zero-order valence-corrected chi connectivity index (χ0v) is 13.0. The summed E-state index contributed by atoms with van der Waals surface area (Å²) in [6.07, 6.45) is 9.33. The molecule has 0 heterocycles. The molecule has 0 amide bonds. The molecule has 0 aromatic carbocycles. The van der Waals surface area contributed by atoms with Crippen LogP contribution < -0.4 is 5.73 Å². The zero-order chi connectivity index (χ0) is 13.6. The maximum atomic E-state index is 6.22. The van der Waals surface area contributed by atoms with Gasteiger partial charge in [0.2, 0.25) is 0 Å². The topological polar surface area (TPSA) is 29.3 Å². The summed E-state index contributed by atoms with van der Waals surface area (Å²) in [7, 11) is 0. The summed E-state index contributed by atoms with van der Waals surface area (Å²) in [5, 5.41) is 0. The van der Waals surface area contributed by atoms with E-state index in [1.54, 1.807) is 0 Å². The fourth-order valence-electron chi connectivity index (χ4n) is 3.81. The molecule has 0 bridgehead atoms. The quantitative estimate of drug-likeness (QED) is 0.731. The third kappa shape index (κ3) is 3.48. The number of likely N-dealkylation sites (N-methyl/N-ethyl adjacent to an activating group) is 1. The van der Waals surface area contributed by atoms with Gasteiger partial charge in [-0.1, -0.05) is 40.0 Å². The highest BCUT2D eigenvalue weighted by Crippen LogP contribution is 2.36. The van der Waals surface area contributed by atoms with Crippen LogP contribution in [-0.4, -0.2) is 29.6 Å². The fourth-order valence-corrected chi connectivity index (χ4v) is 3.81. The highest BCUT2D eigenvalue weighted by molar-refractivity contribution is 4.95. The molecule has 1 aliphatic carbocycles. The van der Waals surface area contributed by atoms with Gasteiger partial charge >= 0.3 is 0 Å². The molecule has 0 aromatic rings. The van der Waals surface area contributed by atoms with E-state index in [9.17, 15) is 0 Å². The van der Waals surface area contributed by atoms with Crippen LogP contribution in [0.1, 0.15) is 72.6 Å². The van der Waals surface area contributed by atoms with Gasteiger partial charge < -0.3 is 5.73 Å². The average molecular weight is 254 g/mol. The van der Waals surface area contributed by atoms with Gasteiger partial charge in [-0.3, -0.25) is 4.90 Å². The van der Waals surface area contributed by atoms with Crippen molar-refractivity contribution in [2.75, 3.05) is 13.1 Å². The van der Waals surface area contributed by atoms with E-state index in [1.807, 2.05) is 0 Å². The molecule has 1 saturated carbocycles. The fraction of sp³-hybridized carbons (Fsp3) is 1.00. The van der Waals surface area contributed by atoms with Crippen LogP contribution in [0.5, 0.6) is 0 Å². The Hall–Kier alpha value is -0.0800. The van der Waals surface area contributed by atoms with Crippen molar-refractivity contribution in [3.05, 3.63) is 0 Å². The van der Waals surface area contributed by atoms with E-state index in [2.05, 4.69) is 32.6 Å². The van der Waals surface area contributed by atoms with Gasteiger partial charge in [0.15, 0.2) is 0 Å². The van der Waals surface area contributed by atoms with Crippen molar-refractivity contribution in [3.8, 4) is 0 Å². The third-order valence-corrected chi connectivity index (χ3v) is 5.30. The molecule has 3 unspecified atom stereocenters. The normalized spacial score (nSPS) is 31.3. The Morgan fingerprint density at radius 2 is 1.94 bits per heavy atom. The van der Waals surface area contributed by atoms with Gasteiger partial charge in [0, 0.05) is 18.1 Å². The van der Waals surface area contributed by atoms with Crippen molar-refractivity contribution in [2.45, 2.75) is 84.2 Å². The molecule has 108 valence electrons. The Kier molecular flexibility index (Phi) is 6.65. The lowest BCUT2D eigenvalue weighted by molar-refractivity contribution is 0.0440. The Bertz CT molecular complexity index is 229. The van der Waals surface area contributed by atoms with Crippen LogP contribution in [0, 0.1) is 5.92 Å². The van der Waals surface area contributed by atoms with Crippen LogP contribution in [0.25, 0.3) is 0 Å². The first-order valence-electron chi connectivity index (χ1n) is 8.10. The maximum Gasteiger partial charge on any atom is 0.0334 e. The minimum atomic E-state index is 0.286. The van der Waals surface area contributed by atoms with E-state index in [1.165, 1.54) is 44.9 Å². The highest BCUT2D eigenvalue weighted by Gasteiger charge is 2.38. The van der Waals surface area contributed by atoms with E-state index >= 15 is 0 Å². The second-order valence-corrected chi connectivity index (χ2v) is 6.18. The molecule has 0 aliphatic heterocycles. The maximum absolute atomic E-state index is 6.22. The van der Waals surface area contributed by atoms with Crippen LogP contribution >= 0.6 is 0 Å². The van der Waals surface area contributed by atoms with Crippen molar-refractivity contribution >= 4 is 0 Å². The Balaban J connectivity index is 2.82. The van der Waals surface area contributed by atoms with Crippen molar-refractivity contribution in [1.29, 1.82) is 0 Å². The lowest BCUT2D eigenvalue weighted by atomic mass is 9.86. The van der Waals surface area contributed by atoms with Gasteiger partial charge in [-0.05, 0) is 45.1 Å². The van der Waals surface area contributed by atoms with Crippen LogP contribution in [0.4, 0.5) is 0 Å². The van der Waals surface area contributed by atoms with Gasteiger partial charge in [0.1, 0.15) is 0 Å². The summed E-state index contributed by atoms with van der Waals surface area (Å²) in [4.78, 5) is 2.70. The molecule has 0 aromatic heterocycles. The Morgan fingerprint density at radius 3 is 2.44 bits per heavy atom. The lowest BCUT2D eigenvalue weighted by Gasteiger charge is -2.46. The number of nitrogens with zero attached hydrogens (tertiary/aromatic N) is 1. The minimum absolute atomic E-state index is 0.286. The molecule has 18 heavy (non-hydrogen) atoms. The van der Waals surface area contributed by atoms with Crippen molar-refractivity contribution in [2.24, 2.45) is 11.7 Å². The molecule has 2 N–H and O–H groups in total. The monoisotopic (exact) mass is 254 g/mol. The van der Waals surface area contributed by atoms with Crippen molar-refractivity contribution in [3.63, 3.8) is 0 Å². The predicted molar refractivity (Wildman–Crippen MR) is 80.8 cm³/mol.